The zero-order valence-electron chi connectivity index (χ0n) is 49.4. The summed E-state index contributed by atoms with van der Waals surface area (Å²) in [5, 5.41) is 6.39. The standard InChI is InChI=1S/C26H41N3O2.C21H30N2O.C20H29NO.2H2/c1-20(30)28(5)16-11-24(31)27-23-10-12-26(22-9-7-6-8-21(22)23)14-18-29(19-15-26)17-13-25(2,3)4;1-3-4-7-14-23-15-12-21(13-16-23)11-10-20(22-17(2)24)18-8-5-6-9-19(18)21;1-19(2,3)10-13-21-14-11-20(12-15-21)9-8-18(22)16-6-4-5-7-17(16)20;;/h6-9,23H,10-19H2,1-5H3,(H,27,31);3,5-6,8-9,20H,1,4,7,10-16H2,2H3,(H,22,24);4-7H,8-15H2,1-3H3;2*1H/t23-;20-;;;/m00.../s1. The Morgan fingerprint density at radius 2 is 1.05 bits per heavy atom. The van der Waals surface area contributed by atoms with Gasteiger partial charge in [-0.2, -0.15) is 0 Å². The lowest BCUT2D eigenvalue weighted by molar-refractivity contribution is -0.128. The number of Topliss-reactive ketones (excluding diaryl/α,β-unsaturated/α-hetero) is 1. The van der Waals surface area contributed by atoms with Gasteiger partial charge in [0.05, 0.1) is 12.1 Å². The number of allylic oxidation sites excluding steroid dienone is 1. The third kappa shape index (κ3) is 16.0. The van der Waals surface area contributed by atoms with Crippen molar-refractivity contribution in [2.75, 3.05) is 72.5 Å². The fourth-order valence-corrected chi connectivity index (χ4v) is 13.7. The van der Waals surface area contributed by atoms with Gasteiger partial charge < -0.3 is 30.2 Å². The van der Waals surface area contributed by atoms with E-state index in [0.29, 0.717) is 35.0 Å². The molecule has 0 saturated carbocycles. The summed E-state index contributed by atoms with van der Waals surface area (Å²) in [6.45, 7) is 32.0. The third-order valence-corrected chi connectivity index (χ3v) is 18.9. The molecule has 426 valence electrons. The van der Waals surface area contributed by atoms with Gasteiger partial charge in [0.25, 0.3) is 0 Å². The highest BCUT2D eigenvalue weighted by atomic mass is 16.2. The highest BCUT2D eigenvalue weighted by molar-refractivity contribution is 5.99. The summed E-state index contributed by atoms with van der Waals surface area (Å²) in [5.74, 6) is 0.437. The molecule has 3 fully saturated rings. The molecule has 0 aromatic heterocycles. The zero-order chi connectivity index (χ0) is 55.4. The zero-order valence-corrected chi connectivity index (χ0v) is 49.4. The predicted molar refractivity (Wildman–Crippen MR) is 321 cm³/mol. The second kappa shape index (κ2) is 26.5. The molecule has 3 aromatic rings. The van der Waals surface area contributed by atoms with Crippen molar-refractivity contribution in [2.45, 2.75) is 193 Å². The molecule has 9 rings (SSSR count). The molecule has 6 aliphatic rings. The largest absolute Gasteiger partial charge is 0.350 e. The highest BCUT2D eigenvalue weighted by Crippen LogP contribution is 2.50. The lowest BCUT2D eigenvalue weighted by Gasteiger charge is -2.47. The van der Waals surface area contributed by atoms with Crippen molar-refractivity contribution < 1.29 is 22.0 Å². The fourth-order valence-electron chi connectivity index (χ4n) is 13.7. The van der Waals surface area contributed by atoms with Gasteiger partial charge in [0.1, 0.15) is 0 Å². The molecule has 10 nitrogen and oxygen atoms in total. The van der Waals surface area contributed by atoms with Crippen molar-refractivity contribution in [1.29, 1.82) is 0 Å². The van der Waals surface area contributed by atoms with E-state index in [0.717, 1.165) is 44.1 Å². The van der Waals surface area contributed by atoms with E-state index in [1.807, 2.05) is 18.2 Å². The van der Waals surface area contributed by atoms with Crippen LogP contribution in [0.5, 0.6) is 0 Å². The van der Waals surface area contributed by atoms with E-state index in [2.05, 4.69) is 134 Å². The molecule has 77 heavy (non-hydrogen) atoms. The van der Waals surface area contributed by atoms with Gasteiger partial charge in [-0.25, -0.2) is 0 Å². The summed E-state index contributed by atoms with van der Waals surface area (Å²) in [7, 11) is 1.74. The SMILES string of the molecule is C=CCCCN1CCC2(CC[C@H](NC(C)=O)c3ccccc32)CC1.CC(=O)N(C)CCC(=O)N[C@H]1CCC2(CCN(CCC(C)(C)C)CC2)c2ccccc21.CC(C)(C)CCN1CCC2(CCC(=O)c3ccccc32)CC1.[HH].[HH]. The maximum atomic E-state index is 12.6. The summed E-state index contributed by atoms with van der Waals surface area (Å²) in [4.78, 5) is 57.1. The molecule has 0 radical (unpaired) electrons. The fraction of sp³-hybridized carbons (Fsp3) is 0.642. The van der Waals surface area contributed by atoms with Gasteiger partial charge in [-0.15, -0.1) is 6.58 Å². The summed E-state index contributed by atoms with van der Waals surface area (Å²) >= 11 is 0. The van der Waals surface area contributed by atoms with Crippen LogP contribution in [0.15, 0.2) is 85.5 Å². The number of nitrogens with one attached hydrogen (secondary N) is 2. The number of hydrogen-bond acceptors (Lipinski definition) is 7. The number of piperidine rings is 3. The maximum absolute atomic E-state index is 12.6. The first-order chi connectivity index (χ1) is 36.6. The number of nitrogens with zero attached hydrogens (tertiary/aromatic N) is 4. The van der Waals surface area contributed by atoms with Crippen molar-refractivity contribution in [3.8, 4) is 0 Å². The van der Waals surface area contributed by atoms with E-state index in [9.17, 15) is 19.2 Å². The minimum Gasteiger partial charge on any atom is -0.350 e. The number of rotatable bonds is 13. The van der Waals surface area contributed by atoms with Gasteiger partial charge >= 0.3 is 0 Å². The van der Waals surface area contributed by atoms with Crippen LogP contribution in [0.25, 0.3) is 0 Å². The second-order valence-corrected chi connectivity index (χ2v) is 26.7. The Morgan fingerprint density at radius 3 is 1.51 bits per heavy atom. The molecule has 3 aromatic carbocycles. The quantitative estimate of drug-likeness (QED) is 0.130. The van der Waals surface area contributed by atoms with E-state index in [-0.39, 0.29) is 43.5 Å². The monoisotopic (exact) mass is 1060 g/mol. The Balaban J connectivity index is 0.000000219. The number of amides is 3. The summed E-state index contributed by atoms with van der Waals surface area (Å²) in [5.41, 5.74) is 9.55. The normalized spacial score (nSPS) is 21.8. The summed E-state index contributed by atoms with van der Waals surface area (Å²) in [6.07, 6.45) is 20.7. The average molecular weight is 1060 g/mol. The predicted octanol–water partition coefficient (Wildman–Crippen LogP) is 13.2. The van der Waals surface area contributed by atoms with Gasteiger partial charge in [0, 0.05) is 48.7 Å². The van der Waals surface area contributed by atoms with Crippen LogP contribution in [0.3, 0.4) is 0 Å². The number of fused-ring (bicyclic) bond motifs is 6. The first-order valence-corrected chi connectivity index (χ1v) is 30.0. The van der Waals surface area contributed by atoms with Crippen LogP contribution in [0.4, 0.5) is 0 Å². The molecule has 3 saturated heterocycles. The van der Waals surface area contributed by atoms with E-state index in [1.54, 1.807) is 18.9 Å². The molecule has 0 bridgehead atoms. The van der Waals surface area contributed by atoms with E-state index in [1.165, 1.54) is 158 Å². The number of carbonyl (C=O) groups is 4. The molecule has 3 aliphatic carbocycles. The van der Waals surface area contributed by atoms with Crippen LogP contribution in [0, 0.1) is 10.8 Å². The molecule has 3 heterocycles. The van der Waals surface area contributed by atoms with E-state index in [4.69, 9.17) is 0 Å². The van der Waals surface area contributed by atoms with E-state index >= 15 is 0 Å². The smallest absolute Gasteiger partial charge is 0.222 e. The Kier molecular flexibility index (Phi) is 20.7. The molecule has 2 N–H and O–H groups in total. The van der Waals surface area contributed by atoms with E-state index < -0.39 is 0 Å². The average Bonchev–Trinajstić information content (AvgIpc) is 3.52. The first-order valence-electron chi connectivity index (χ1n) is 30.0. The number of carbonyl (C=O) groups excluding carboxylic acids is 4. The molecule has 3 spiro atoms. The van der Waals surface area contributed by atoms with Gasteiger partial charge in [-0.05, 0) is 210 Å². The number of likely N-dealkylation sites (tertiary alicyclic amines) is 3. The number of unbranched alkanes of at least 4 members (excludes halogenated alkanes) is 1. The molecule has 3 amide bonds. The van der Waals surface area contributed by atoms with Crippen LogP contribution >= 0.6 is 0 Å². The topological polar surface area (TPSA) is 105 Å². The molecule has 10 heteroatoms. The number of ketones is 1. The molecule has 3 aliphatic heterocycles. The van der Waals surface area contributed by atoms with Crippen LogP contribution in [-0.4, -0.2) is 116 Å². The van der Waals surface area contributed by atoms with Crippen LogP contribution in [0.1, 0.15) is 218 Å². The van der Waals surface area contributed by atoms with Gasteiger partial charge in [0.15, 0.2) is 5.78 Å². The number of hydrogen-bond donors (Lipinski definition) is 2. The van der Waals surface area contributed by atoms with Gasteiger partial charge in [0.2, 0.25) is 17.7 Å². The van der Waals surface area contributed by atoms with Crippen molar-refractivity contribution in [2.24, 2.45) is 10.8 Å². The lowest BCUT2D eigenvalue weighted by Crippen LogP contribution is -2.46. The van der Waals surface area contributed by atoms with Gasteiger partial charge in [-0.3, -0.25) is 19.2 Å². The maximum Gasteiger partial charge on any atom is 0.222 e. The molecule has 2 atom stereocenters. The Hall–Kier alpha value is -4.64. The lowest BCUT2D eigenvalue weighted by atomic mass is 9.63. The molecule has 0 unspecified atom stereocenters. The minimum absolute atomic E-state index is 0. The molecular weight excluding hydrogens is 953 g/mol. The Labute approximate surface area is 468 Å². The Morgan fingerprint density at radius 1 is 0.623 bits per heavy atom. The highest BCUT2D eigenvalue weighted by Gasteiger charge is 2.44. The molecular formula is C67H104N6O4. The second-order valence-electron chi connectivity index (χ2n) is 26.7. The van der Waals surface area contributed by atoms with Crippen LogP contribution in [0.2, 0.25) is 0 Å². The van der Waals surface area contributed by atoms with Crippen molar-refractivity contribution in [3.63, 3.8) is 0 Å². The summed E-state index contributed by atoms with van der Waals surface area (Å²) < 4.78 is 0. The van der Waals surface area contributed by atoms with Crippen molar-refractivity contribution in [1.82, 2.24) is 30.2 Å². The Bertz CT molecular complexity index is 2460. The third-order valence-electron chi connectivity index (χ3n) is 18.9. The first kappa shape index (κ1) is 60.0. The minimum atomic E-state index is -0.00778. The van der Waals surface area contributed by atoms with Crippen LogP contribution < -0.4 is 10.6 Å². The summed E-state index contributed by atoms with van der Waals surface area (Å²) in [6, 6.07) is 26.1. The van der Waals surface area contributed by atoms with Crippen molar-refractivity contribution >= 4 is 23.5 Å². The number of benzene rings is 3. The van der Waals surface area contributed by atoms with Crippen LogP contribution in [-0.2, 0) is 30.6 Å². The van der Waals surface area contributed by atoms with Crippen molar-refractivity contribution in [3.05, 3.63) is 119 Å². The van der Waals surface area contributed by atoms with Gasteiger partial charge in [-0.1, -0.05) is 120 Å².